The predicted octanol–water partition coefficient (Wildman–Crippen LogP) is 0.641. The maximum Gasteiger partial charge on any atom is 0.308 e. The fourth-order valence-corrected chi connectivity index (χ4v) is 0.989. The van der Waals surface area contributed by atoms with E-state index < -0.39 is 6.10 Å². The lowest BCUT2D eigenvalue weighted by molar-refractivity contribution is -0.142. The van der Waals surface area contributed by atoms with Crippen molar-refractivity contribution >= 4 is 5.97 Å². The lowest BCUT2D eigenvalue weighted by atomic mass is 10.1. The second-order valence-corrected chi connectivity index (χ2v) is 3.80. The third kappa shape index (κ3) is 5.94. The topological polar surface area (TPSA) is 49.8 Å². The molecule has 0 aliphatic heterocycles. The number of carbonyl (C=O) groups is 1. The van der Waals surface area contributed by atoms with E-state index in [4.69, 9.17) is 0 Å². The minimum Gasteiger partial charge on any atom is -0.469 e. The van der Waals surface area contributed by atoms with Gasteiger partial charge in [-0.3, -0.25) is 4.79 Å². The van der Waals surface area contributed by atoms with Gasteiger partial charge in [0, 0.05) is 12.6 Å². The van der Waals surface area contributed by atoms with Gasteiger partial charge in [0.05, 0.1) is 19.6 Å². The summed E-state index contributed by atoms with van der Waals surface area (Å²) in [4.78, 5) is 12.9. The molecule has 0 radical (unpaired) electrons. The molecule has 0 fully saturated rings. The van der Waals surface area contributed by atoms with E-state index in [1.807, 2.05) is 7.05 Å². The van der Waals surface area contributed by atoms with E-state index in [-0.39, 0.29) is 12.4 Å². The van der Waals surface area contributed by atoms with Gasteiger partial charge in [-0.15, -0.1) is 0 Å². The molecule has 0 rings (SSSR count). The number of hydrogen-bond donors (Lipinski definition) is 1. The second kappa shape index (κ2) is 6.79. The van der Waals surface area contributed by atoms with Crippen molar-refractivity contribution in [3.63, 3.8) is 0 Å². The average molecular weight is 203 g/mol. The van der Waals surface area contributed by atoms with Crippen molar-refractivity contribution in [2.24, 2.45) is 0 Å². The maximum absolute atomic E-state index is 10.8. The molecule has 0 bridgehead atoms. The quantitative estimate of drug-likeness (QED) is 0.644. The van der Waals surface area contributed by atoms with Gasteiger partial charge >= 0.3 is 5.97 Å². The number of nitrogens with zero attached hydrogens (tertiary/aromatic N) is 1. The van der Waals surface area contributed by atoms with Crippen LogP contribution in [0.3, 0.4) is 0 Å². The summed E-state index contributed by atoms with van der Waals surface area (Å²) in [6.45, 7) is 4.97. The van der Waals surface area contributed by atoms with Gasteiger partial charge in [0.2, 0.25) is 0 Å². The molecular weight excluding hydrogens is 182 g/mol. The molecule has 0 saturated carbocycles. The van der Waals surface area contributed by atoms with Crippen molar-refractivity contribution in [3.8, 4) is 0 Å². The van der Waals surface area contributed by atoms with Crippen molar-refractivity contribution in [2.75, 3.05) is 20.7 Å². The Morgan fingerprint density at radius 2 is 2.07 bits per heavy atom. The van der Waals surface area contributed by atoms with E-state index in [9.17, 15) is 9.90 Å². The van der Waals surface area contributed by atoms with Crippen LogP contribution in [0.1, 0.15) is 26.7 Å². The van der Waals surface area contributed by atoms with E-state index in [1.54, 1.807) is 0 Å². The summed E-state index contributed by atoms with van der Waals surface area (Å²) in [5.41, 5.74) is 0. The van der Waals surface area contributed by atoms with Crippen LogP contribution in [0, 0.1) is 0 Å². The fourth-order valence-electron chi connectivity index (χ4n) is 0.989. The first-order chi connectivity index (χ1) is 6.47. The smallest absolute Gasteiger partial charge is 0.308 e. The van der Waals surface area contributed by atoms with Crippen LogP contribution in [0.25, 0.3) is 0 Å². The van der Waals surface area contributed by atoms with Crippen LogP contribution in [-0.4, -0.2) is 48.8 Å². The molecule has 4 nitrogen and oxygen atoms in total. The normalized spacial score (nSPS) is 13.4. The zero-order valence-corrected chi connectivity index (χ0v) is 9.49. The molecule has 0 heterocycles. The summed E-state index contributed by atoms with van der Waals surface area (Å²) in [5.74, 6) is -0.357. The lowest BCUT2D eigenvalue weighted by Crippen LogP contribution is -2.30. The molecule has 1 N–H and O–H groups in total. The van der Waals surface area contributed by atoms with Crippen LogP contribution in [0.4, 0.5) is 0 Å². The Morgan fingerprint density at radius 1 is 1.50 bits per heavy atom. The van der Waals surface area contributed by atoms with E-state index >= 15 is 0 Å². The fraction of sp³-hybridized carbons (Fsp3) is 0.900. The first-order valence-electron chi connectivity index (χ1n) is 4.92. The molecule has 0 unspecified atom stereocenters. The van der Waals surface area contributed by atoms with Crippen molar-refractivity contribution in [3.05, 3.63) is 0 Å². The number of carbonyl (C=O) groups excluding carboxylic acids is 1. The Bertz CT molecular complexity index is 171. The van der Waals surface area contributed by atoms with E-state index in [1.165, 1.54) is 7.11 Å². The van der Waals surface area contributed by atoms with Gasteiger partial charge in [-0.05, 0) is 27.3 Å². The zero-order chi connectivity index (χ0) is 11.1. The predicted molar refractivity (Wildman–Crippen MR) is 55.0 cm³/mol. The molecule has 1 atom stereocenters. The van der Waals surface area contributed by atoms with Crippen LogP contribution < -0.4 is 0 Å². The van der Waals surface area contributed by atoms with Crippen molar-refractivity contribution in [1.82, 2.24) is 4.90 Å². The van der Waals surface area contributed by atoms with Gasteiger partial charge < -0.3 is 14.7 Å². The maximum atomic E-state index is 10.8. The van der Waals surface area contributed by atoms with Gasteiger partial charge in [0.15, 0.2) is 0 Å². The molecule has 0 saturated heterocycles. The van der Waals surface area contributed by atoms with Crippen LogP contribution in [0.15, 0.2) is 0 Å². The molecule has 0 aromatic heterocycles. The van der Waals surface area contributed by atoms with Crippen LogP contribution in [-0.2, 0) is 9.53 Å². The molecular formula is C10H21NO3. The Balaban J connectivity index is 3.63. The average Bonchev–Trinajstić information content (AvgIpc) is 2.13. The minimum absolute atomic E-state index is 0.0857. The number of esters is 1. The SMILES string of the molecule is COC(=O)C[C@H](O)CCN(C)C(C)C. The van der Waals surface area contributed by atoms with Gasteiger partial charge in [0.1, 0.15) is 0 Å². The summed E-state index contributed by atoms with van der Waals surface area (Å²) >= 11 is 0. The number of aliphatic hydroxyl groups is 1. The largest absolute Gasteiger partial charge is 0.469 e. The summed E-state index contributed by atoms with van der Waals surface area (Å²) < 4.78 is 4.46. The summed E-state index contributed by atoms with van der Waals surface area (Å²) in [6, 6.07) is 0.459. The summed E-state index contributed by atoms with van der Waals surface area (Å²) in [6.07, 6.45) is 0.0929. The minimum atomic E-state index is -0.594. The van der Waals surface area contributed by atoms with Crippen LogP contribution >= 0.6 is 0 Å². The van der Waals surface area contributed by atoms with Gasteiger partial charge in [-0.25, -0.2) is 0 Å². The zero-order valence-electron chi connectivity index (χ0n) is 9.49. The summed E-state index contributed by atoms with van der Waals surface area (Å²) in [5, 5.41) is 9.45. The molecule has 0 aliphatic carbocycles. The Hall–Kier alpha value is -0.610. The lowest BCUT2D eigenvalue weighted by Gasteiger charge is -2.22. The van der Waals surface area contributed by atoms with Crippen molar-refractivity contribution in [2.45, 2.75) is 38.8 Å². The van der Waals surface area contributed by atoms with E-state index in [0.717, 1.165) is 6.54 Å². The third-order valence-corrected chi connectivity index (χ3v) is 2.33. The second-order valence-electron chi connectivity index (χ2n) is 3.80. The number of hydrogen-bond acceptors (Lipinski definition) is 4. The molecule has 0 aromatic carbocycles. The highest BCUT2D eigenvalue weighted by molar-refractivity contribution is 5.69. The van der Waals surface area contributed by atoms with Crippen molar-refractivity contribution in [1.29, 1.82) is 0 Å². The first-order valence-corrected chi connectivity index (χ1v) is 4.92. The monoisotopic (exact) mass is 203 g/mol. The van der Waals surface area contributed by atoms with Crippen LogP contribution in [0.5, 0.6) is 0 Å². The van der Waals surface area contributed by atoms with E-state index in [0.29, 0.717) is 12.5 Å². The Kier molecular flexibility index (Phi) is 6.49. The van der Waals surface area contributed by atoms with Crippen LogP contribution in [0.2, 0.25) is 0 Å². The van der Waals surface area contributed by atoms with Gasteiger partial charge in [-0.1, -0.05) is 0 Å². The standard InChI is InChI=1S/C10H21NO3/c1-8(2)11(3)6-5-9(12)7-10(13)14-4/h8-9,12H,5-7H2,1-4H3/t9-/m1/s1. The number of ether oxygens (including phenoxy) is 1. The molecule has 14 heavy (non-hydrogen) atoms. The molecule has 4 heteroatoms. The van der Waals surface area contributed by atoms with Gasteiger partial charge in [-0.2, -0.15) is 0 Å². The Labute approximate surface area is 85.9 Å². The first kappa shape index (κ1) is 13.4. The summed E-state index contributed by atoms with van der Waals surface area (Å²) in [7, 11) is 3.32. The van der Waals surface area contributed by atoms with Crippen molar-refractivity contribution < 1.29 is 14.6 Å². The number of rotatable bonds is 6. The highest BCUT2D eigenvalue weighted by Gasteiger charge is 2.12. The van der Waals surface area contributed by atoms with Gasteiger partial charge in [0.25, 0.3) is 0 Å². The van der Waals surface area contributed by atoms with E-state index in [2.05, 4.69) is 23.5 Å². The molecule has 0 aliphatic rings. The number of methoxy groups -OCH3 is 1. The molecule has 84 valence electrons. The highest BCUT2D eigenvalue weighted by Crippen LogP contribution is 2.02. The molecule has 0 spiro atoms. The molecule has 0 amide bonds. The number of aliphatic hydroxyl groups excluding tert-OH is 1. The Morgan fingerprint density at radius 3 is 2.50 bits per heavy atom. The molecule has 0 aromatic rings. The third-order valence-electron chi connectivity index (χ3n) is 2.33. The highest BCUT2D eigenvalue weighted by atomic mass is 16.5.